The molecule has 3 aliphatic rings. The van der Waals surface area contributed by atoms with Crippen molar-refractivity contribution in [2.24, 2.45) is 12.0 Å². The van der Waals surface area contributed by atoms with E-state index in [1.54, 1.807) is 64.2 Å². The molecule has 0 radical (unpaired) electrons. The van der Waals surface area contributed by atoms with E-state index >= 15 is 0 Å². The van der Waals surface area contributed by atoms with Crippen LogP contribution in [0.3, 0.4) is 0 Å². The molecular weight excluding hydrogens is 651 g/mol. The standard InChI is InChI=1S/C35H35FN6O6S/c1-40-20-23(16-28(40)33(44)39-22-6-7-29-21(14-22)15-31(48-29)35(46)41-9-12-49-13-10-41)38-32(43)5-3-11-47-30-18-27-25(17-26(30)36)34(45)42-8-2-4-24(42)19-37-27/h6-7,14-20,24H,2-5,8-13H2,1H3,(H,38,43)(H,39,44)/t24-/m0/s1. The molecule has 2 aromatic carbocycles. The summed E-state index contributed by atoms with van der Waals surface area (Å²) < 4.78 is 27.8. The summed E-state index contributed by atoms with van der Waals surface area (Å²) in [5.74, 6) is 0.356. The van der Waals surface area contributed by atoms with E-state index in [0.29, 0.717) is 59.8 Å². The van der Waals surface area contributed by atoms with Crippen molar-refractivity contribution in [3.05, 3.63) is 71.5 Å². The number of aryl methyl sites for hydroxylation is 1. The van der Waals surface area contributed by atoms with E-state index in [1.807, 2.05) is 11.8 Å². The van der Waals surface area contributed by atoms with Gasteiger partial charge in [0.1, 0.15) is 11.3 Å². The lowest BCUT2D eigenvalue weighted by atomic mass is 10.1. The molecule has 2 saturated heterocycles. The predicted octanol–water partition coefficient (Wildman–Crippen LogP) is 5.47. The van der Waals surface area contributed by atoms with Crippen LogP contribution in [0.15, 0.2) is 58.1 Å². The molecule has 3 aliphatic heterocycles. The van der Waals surface area contributed by atoms with Gasteiger partial charge in [0.05, 0.1) is 29.6 Å². The van der Waals surface area contributed by atoms with E-state index in [4.69, 9.17) is 9.15 Å². The molecule has 5 heterocycles. The second-order valence-electron chi connectivity index (χ2n) is 12.2. The number of furan rings is 1. The average molecular weight is 687 g/mol. The van der Waals surface area contributed by atoms with Crippen LogP contribution in [0.4, 0.5) is 21.5 Å². The van der Waals surface area contributed by atoms with E-state index in [0.717, 1.165) is 24.3 Å². The second kappa shape index (κ2) is 13.8. The highest BCUT2D eigenvalue weighted by molar-refractivity contribution is 7.99. The quantitative estimate of drug-likeness (QED) is 0.223. The monoisotopic (exact) mass is 686 g/mol. The number of nitrogens with one attached hydrogen (secondary N) is 2. The summed E-state index contributed by atoms with van der Waals surface area (Å²) in [5, 5.41) is 6.35. The van der Waals surface area contributed by atoms with Gasteiger partial charge in [0.15, 0.2) is 17.3 Å². The van der Waals surface area contributed by atoms with Gasteiger partial charge in [-0.1, -0.05) is 0 Å². The van der Waals surface area contributed by atoms with E-state index in [1.165, 1.54) is 12.1 Å². The van der Waals surface area contributed by atoms with Crippen molar-refractivity contribution in [2.75, 3.05) is 48.4 Å². The molecule has 14 heteroatoms. The third-order valence-electron chi connectivity index (χ3n) is 8.84. The molecule has 2 N–H and O–H groups in total. The van der Waals surface area contributed by atoms with Gasteiger partial charge in [0, 0.05) is 74.2 Å². The highest BCUT2D eigenvalue weighted by Crippen LogP contribution is 2.34. The van der Waals surface area contributed by atoms with Crippen LogP contribution in [0, 0.1) is 5.82 Å². The SMILES string of the molecule is Cn1cc(NC(=O)CCCOc2cc3c(cc2F)C(=O)N2CCC[C@H]2C=N3)cc1C(=O)Nc1ccc2oc(C(=O)N3CCSCC3)cc2c1. The van der Waals surface area contributed by atoms with E-state index < -0.39 is 5.82 Å². The van der Waals surface area contributed by atoms with Gasteiger partial charge in [-0.2, -0.15) is 11.8 Å². The lowest BCUT2D eigenvalue weighted by molar-refractivity contribution is -0.116. The van der Waals surface area contributed by atoms with Crippen LogP contribution in [0.2, 0.25) is 0 Å². The summed E-state index contributed by atoms with van der Waals surface area (Å²) in [7, 11) is 1.70. The van der Waals surface area contributed by atoms with Crippen LogP contribution in [-0.4, -0.2) is 88.0 Å². The maximum atomic E-state index is 14.8. The zero-order valence-corrected chi connectivity index (χ0v) is 27.7. The van der Waals surface area contributed by atoms with Crippen molar-refractivity contribution in [1.82, 2.24) is 14.4 Å². The first-order chi connectivity index (χ1) is 23.7. The van der Waals surface area contributed by atoms with Gasteiger partial charge in [0.25, 0.3) is 17.7 Å². The summed E-state index contributed by atoms with van der Waals surface area (Å²) in [6, 6.07) is 11.0. The first-order valence-corrected chi connectivity index (χ1v) is 17.4. The normalized spacial score (nSPS) is 17.1. The first-order valence-electron chi connectivity index (χ1n) is 16.2. The molecule has 12 nitrogen and oxygen atoms in total. The molecule has 0 saturated carbocycles. The Morgan fingerprint density at radius 2 is 1.90 bits per heavy atom. The zero-order valence-electron chi connectivity index (χ0n) is 26.9. The molecule has 4 amide bonds. The summed E-state index contributed by atoms with van der Waals surface area (Å²) in [4.78, 5) is 59.4. The Bertz CT molecular complexity index is 1980. The van der Waals surface area contributed by atoms with E-state index in [9.17, 15) is 23.6 Å². The highest BCUT2D eigenvalue weighted by atomic mass is 32.2. The van der Waals surface area contributed by atoms with Gasteiger partial charge in [0.2, 0.25) is 5.91 Å². The lowest BCUT2D eigenvalue weighted by Crippen LogP contribution is -2.37. The fourth-order valence-corrected chi connectivity index (χ4v) is 7.20. The minimum absolute atomic E-state index is 0.0255. The summed E-state index contributed by atoms with van der Waals surface area (Å²) in [5.41, 5.74) is 2.44. The number of hydrogen-bond acceptors (Lipinski definition) is 8. The molecule has 0 unspecified atom stereocenters. The largest absolute Gasteiger partial charge is 0.490 e. The summed E-state index contributed by atoms with van der Waals surface area (Å²) in [6.07, 6.45) is 5.50. The van der Waals surface area contributed by atoms with Gasteiger partial charge in [-0.15, -0.1) is 0 Å². The number of nitrogens with zero attached hydrogens (tertiary/aromatic N) is 4. The summed E-state index contributed by atoms with van der Waals surface area (Å²) in [6.45, 7) is 2.08. The minimum atomic E-state index is -0.656. The Hall–Kier alpha value is -5.11. The molecular formula is C35H35FN6O6S. The second-order valence-corrected chi connectivity index (χ2v) is 13.5. The van der Waals surface area contributed by atoms with Crippen molar-refractivity contribution < 1.29 is 32.7 Å². The number of hydrogen-bond donors (Lipinski definition) is 2. The third kappa shape index (κ3) is 6.91. The van der Waals surface area contributed by atoms with E-state index in [-0.39, 0.29) is 59.8 Å². The maximum Gasteiger partial charge on any atom is 0.289 e. The van der Waals surface area contributed by atoms with Crippen molar-refractivity contribution in [1.29, 1.82) is 0 Å². The Morgan fingerprint density at radius 3 is 2.73 bits per heavy atom. The highest BCUT2D eigenvalue weighted by Gasteiger charge is 2.32. The van der Waals surface area contributed by atoms with E-state index in [2.05, 4.69) is 15.6 Å². The van der Waals surface area contributed by atoms with Crippen LogP contribution in [-0.2, 0) is 11.8 Å². The molecule has 0 aliphatic carbocycles. The number of fused-ring (bicyclic) bond motifs is 3. The smallest absolute Gasteiger partial charge is 0.289 e. The van der Waals surface area contributed by atoms with Crippen LogP contribution >= 0.6 is 11.8 Å². The Labute approximate surface area is 285 Å². The predicted molar refractivity (Wildman–Crippen MR) is 185 cm³/mol. The molecule has 0 bridgehead atoms. The van der Waals surface area contributed by atoms with Gasteiger partial charge >= 0.3 is 0 Å². The maximum absolute atomic E-state index is 14.8. The number of halogens is 1. The molecule has 0 spiro atoms. The third-order valence-corrected chi connectivity index (χ3v) is 9.78. The molecule has 4 aromatic rings. The van der Waals surface area contributed by atoms with Crippen molar-refractivity contribution in [3.63, 3.8) is 0 Å². The molecule has 2 fully saturated rings. The number of carbonyl (C=O) groups is 4. The topological polar surface area (TPSA) is 138 Å². The Kier molecular flexibility index (Phi) is 9.13. The van der Waals surface area contributed by atoms with Gasteiger partial charge in [-0.3, -0.25) is 24.2 Å². The number of benzene rings is 2. The van der Waals surface area contributed by atoms with Crippen molar-refractivity contribution >= 4 is 69.6 Å². The Morgan fingerprint density at radius 1 is 1.06 bits per heavy atom. The molecule has 1 atom stereocenters. The number of aliphatic imine (C=N–C) groups is 1. The molecule has 49 heavy (non-hydrogen) atoms. The minimum Gasteiger partial charge on any atom is -0.490 e. The van der Waals surface area contributed by atoms with Crippen LogP contribution in [0.5, 0.6) is 5.75 Å². The van der Waals surface area contributed by atoms with Gasteiger partial charge in [-0.25, -0.2) is 4.39 Å². The average Bonchev–Trinajstić information content (AvgIpc) is 3.82. The number of carbonyl (C=O) groups excluding carboxylic acids is 4. The number of thioether (sulfide) groups is 1. The van der Waals surface area contributed by atoms with Gasteiger partial charge in [-0.05, 0) is 55.7 Å². The first kappa shape index (κ1) is 32.4. The van der Waals surface area contributed by atoms with Crippen LogP contribution < -0.4 is 15.4 Å². The lowest BCUT2D eigenvalue weighted by Gasteiger charge is -2.25. The fraction of sp³-hybridized carbons (Fsp3) is 0.343. The van der Waals surface area contributed by atoms with Crippen molar-refractivity contribution in [3.8, 4) is 5.75 Å². The van der Waals surface area contributed by atoms with Crippen LogP contribution in [0.1, 0.15) is 57.1 Å². The Balaban J connectivity index is 0.909. The molecule has 254 valence electrons. The fourth-order valence-electron chi connectivity index (χ4n) is 6.29. The number of aromatic nitrogens is 1. The molecule has 2 aromatic heterocycles. The summed E-state index contributed by atoms with van der Waals surface area (Å²) >= 11 is 1.82. The molecule has 7 rings (SSSR count). The zero-order chi connectivity index (χ0) is 34.1. The number of ether oxygens (including phenoxy) is 1. The van der Waals surface area contributed by atoms with Gasteiger partial charge < -0.3 is 34.2 Å². The van der Waals surface area contributed by atoms with Crippen LogP contribution in [0.25, 0.3) is 11.0 Å². The van der Waals surface area contributed by atoms with Crippen molar-refractivity contribution in [2.45, 2.75) is 31.7 Å². The number of amides is 4. The number of anilines is 2. The number of rotatable bonds is 9.